The third kappa shape index (κ3) is 16.3. The summed E-state index contributed by atoms with van der Waals surface area (Å²) < 4.78 is 11.6. The summed E-state index contributed by atoms with van der Waals surface area (Å²) in [5.41, 5.74) is 6.66. The van der Waals surface area contributed by atoms with Gasteiger partial charge in [-0.1, -0.05) is 52.7 Å². The lowest BCUT2D eigenvalue weighted by Crippen LogP contribution is -2.28. The minimum Gasteiger partial charge on any atom is -0.351 e. The van der Waals surface area contributed by atoms with Crippen molar-refractivity contribution < 1.29 is 9.47 Å². The average Bonchev–Trinajstić information content (AvgIpc) is 2.73. The third-order valence-electron chi connectivity index (χ3n) is 5.59. The van der Waals surface area contributed by atoms with Gasteiger partial charge in [-0.05, 0) is 98.6 Å². The van der Waals surface area contributed by atoms with Gasteiger partial charge in [0.1, 0.15) is 6.79 Å². The van der Waals surface area contributed by atoms with Crippen molar-refractivity contribution in [2.24, 2.45) is 0 Å². The molecule has 1 heterocycles. The van der Waals surface area contributed by atoms with E-state index in [0.717, 1.165) is 38.5 Å². The standard InChI is InChI=1S/C30H47NO2/c1-25(2)12-8-13-26(3)14-9-15-27(4)16-10-17-28(5)19-21-32-24-33-30(6,7)22-29-18-11-20-31-23-29/h11-12,14,16,18-20,23H,8-10,13,15,17,21-22,24H2,1-7H3/b26-14+,27-16+,28-19+. The molecule has 3 heteroatoms. The minimum atomic E-state index is -0.274. The van der Waals surface area contributed by atoms with Gasteiger partial charge in [0.15, 0.2) is 0 Å². The number of pyridine rings is 1. The summed E-state index contributed by atoms with van der Waals surface area (Å²) in [5.74, 6) is 0. The molecule has 0 saturated carbocycles. The van der Waals surface area contributed by atoms with Gasteiger partial charge in [0.25, 0.3) is 0 Å². The van der Waals surface area contributed by atoms with Crippen LogP contribution in [0.15, 0.2) is 71.1 Å². The van der Waals surface area contributed by atoms with Gasteiger partial charge in [-0.25, -0.2) is 0 Å². The Kier molecular flexibility index (Phi) is 14.6. The number of ether oxygens (including phenoxy) is 2. The average molecular weight is 454 g/mol. The molecule has 0 aliphatic carbocycles. The second-order valence-corrected chi connectivity index (χ2v) is 9.98. The zero-order valence-electron chi connectivity index (χ0n) is 22.2. The van der Waals surface area contributed by atoms with Gasteiger partial charge < -0.3 is 9.47 Å². The van der Waals surface area contributed by atoms with Crippen LogP contribution in [-0.4, -0.2) is 24.0 Å². The second-order valence-electron chi connectivity index (χ2n) is 9.98. The molecule has 1 aromatic rings. The normalized spacial score (nSPS) is 13.4. The molecular formula is C30H47NO2. The number of allylic oxidation sites excluding steroid dienone is 7. The molecule has 3 nitrogen and oxygen atoms in total. The predicted molar refractivity (Wildman–Crippen MR) is 142 cm³/mol. The van der Waals surface area contributed by atoms with Crippen molar-refractivity contribution in [2.75, 3.05) is 13.4 Å². The van der Waals surface area contributed by atoms with E-state index in [2.05, 4.69) is 83.8 Å². The maximum absolute atomic E-state index is 5.92. The Morgan fingerprint density at radius 3 is 1.97 bits per heavy atom. The summed E-state index contributed by atoms with van der Waals surface area (Å²) in [4.78, 5) is 4.17. The van der Waals surface area contributed by atoms with E-state index in [9.17, 15) is 0 Å². The fourth-order valence-electron chi connectivity index (χ4n) is 3.48. The fourth-order valence-corrected chi connectivity index (χ4v) is 3.48. The van der Waals surface area contributed by atoms with E-state index < -0.39 is 0 Å². The Labute approximate surface area is 203 Å². The summed E-state index contributed by atoms with van der Waals surface area (Å²) in [6.07, 6.45) is 20.6. The quantitative estimate of drug-likeness (QED) is 0.143. The highest BCUT2D eigenvalue weighted by Crippen LogP contribution is 2.17. The summed E-state index contributed by atoms with van der Waals surface area (Å²) in [6, 6.07) is 4.03. The molecule has 1 rings (SSSR count). The second kappa shape index (κ2) is 16.6. The van der Waals surface area contributed by atoms with E-state index in [-0.39, 0.29) is 5.60 Å². The molecule has 0 fully saturated rings. The molecule has 0 saturated heterocycles. The van der Waals surface area contributed by atoms with E-state index in [1.165, 1.54) is 34.3 Å². The van der Waals surface area contributed by atoms with Gasteiger partial charge in [-0.3, -0.25) is 4.98 Å². The van der Waals surface area contributed by atoms with Crippen LogP contribution < -0.4 is 0 Å². The topological polar surface area (TPSA) is 31.4 Å². The number of aromatic nitrogens is 1. The van der Waals surface area contributed by atoms with E-state index in [4.69, 9.17) is 9.47 Å². The van der Waals surface area contributed by atoms with Crippen molar-refractivity contribution >= 4 is 0 Å². The Morgan fingerprint density at radius 2 is 1.42 bits per heavy atom. The lowest BCUT2D eigenvalue weighted by molar-refractivity contribution is -0.121. The lowest BCUT2D eigenvalue weighted by atomic mass is 10.00. The van der Waals surface area contributed by atoms with Gasteiger partial charge >= 0.3 is 0 Å². The molecule has 0 radical (unpaired) electrons. The number of rotatable bonds is 16. The van der Waals surface area contributed by atoms with Crippen molar-refractivity contribution in [1.82, 2.24) is 4.98 Å². The maximum atomic E-state index is 5.92. The molecule has 0 spiro atoms. The summed E-state index contributed by atoms with van der Waals surface area (Å²) in [6.45, 7) is 16.1. The number of hydrogen-bond donors (Lipinski definition) is 0. The van der Waals surface area contributed by atoms with Crippen molar-refractivity contribution in [2.45, 2.75) is 99.0 Å². The van der Waals surface area contributed by atoms with Gasteiger partial charge in [0.2, 0.25) is 0 Å². The van der Waals surface area contributed by atoms with Crippen LogP contribution in [0.1, 0.15) is 92.6 Å². The predicted octanol–water partition coefficient (Wildman–Crippen LogP) is 8.54. The summed E-state index contributed by atoms with van der Waals surface area (Å²) >= 11 is 0. The molecular weight excluding hydrogens is 406 g/mol. The van der Waals surface area contributed by atoms with Crippen LogP contribution in [0, 0.1) is 0 Å². The van der Waals surface area contributed by atoms with Crippen LogP contribution in [0.25, 0.3) is 0 Å². The maximum Gasteiger partial charge on any atom is 0.147 e. The number of nitrogens with zero attached hydrogens (tertiary/aromatic N) is 1. The van der Waals surface area contributed by atoms with E-state index in [1.54, 1.807) is 6.20 Å². The van der Waals surface area contributed by atoms with Crippen molar-refractivity contribution in [3.05, 3.63) is 76.7 Å². The highest BCUT2D eigenvalue weighted by Gasteiger charge is 2.19. The molecule has 0 bridgehead atoms. The van der Waals surface area contributed by atoms with Gasteiger partial charge in [0, 0.05) is 18.8 Å². The molecule has 0 aliphatic heterocycles. The van der Waals surface area contributed by atoms with Crippen LogP contribution in [-0.2, 0) is 15.9 Å². The molecule has 0 aliphatic rings. The number of hydrogen-bond acceptors (Lipinski definition) is 3. The first-order valence-corrected chi connectivity index (χ1v) is 12.4. The van der Waals surface area contributed by atoms with Crippen LogP contribution in [0.2, 0.25) is 0 Å². The van der Waals surface area contributed by atoms with Crippen molar-refractivity contribution in [3.63, 3.8) is 0 Å². The Hall–Kier alpha value is -1.97. The first-order chi connectivity index (χ1) is 15.7. The minimum absolute atomic E-state index is 0.274. The Bertz CT molecular complexity index is 781. The van der Waals surface area contributed by atoms with Gasteiger partial charge in [-0.15, -0.1) is 0 Å². The molecule has 33 heavy (non-hydrogen) atoms. The molecule has 0 N–H and O–H groups in total. The molecule has 0 amide bonds. The van der Waals surface area contributed by atoms with Gasteiger partial charge in [0.05, 0.1) is 12.2 Å². The lowest BCUT2D eigenvalue weighted by Gasteiger charge is -2.25. The highest BCUT2D eigenvalue weighted by molar-refractivity contribution is 5.11. The Morgan fingerprint density at radius 1 is 0.848 bits per heavy atom. The molecule has 184 valence electrons. The van der Waals surface area contributed by atoms with E-state index in [1.807, 2.05) is 12.3 Å². The van der Waals surface area contributed by atoms with Gasteiger partial charge in [-0.2, -0.15) is 0 Å². The van der Waals surface area contributed by atoms with Crippen molar-refractivity contribution in [1.29, 1.82) is 0 Å². The van der Waals surface area contributed by atoms with Crippen LogP contribution in [0.4, 0.5) is 0 Å². The molecule has 0 aromatic carbocycles. The fraction of sp³-hybridized carbons (Fsp3) is 0.567. The first-order valence-electron chi connectivity index (χ1n) is 12.4. The molecule has 0 unspecified atom stereocenters. The van der Waals surface area contributed by atoms with E-state index in [0.29, 0.717) is 13.4 Å². The van der Waals surface area contributed by atoms with E-state index >= 15 is 0 Å². The highest BCUT2D eigenvalue weighted by atomic mass is 16.7. The summed E-state index contributed by atoms with van der Waals surface area (Å²) in [5, 5.41) is 0. The van der Waals surface area contributed by atoms with Crippen molar-refractivity contribution in [3.8, 4) is 0 Å². The molecule has 1 aromatic heterocycles. The van der Waals surface area contributed by atoms with Crippen LogP contribution in [0.5, 0.6) is 0 Å². The zero-order chi connectivity index (χ0) is 24.5. The zero-order valence-corrected chi connectivity index (χ0v) is 22.2. The van der Waals surface area contributed by atoms with Crippen LogP contribution in [0.3, 0.4) is 0 Å². The first kappa shape index (κ1) is 29.1. The SMILES string of the molecule is CC(C)=CCC/C(C)=C/CC/C(C)=C/CC/C(C)=C/COCOC(C)(C)Cc1cccnc1. The monoisotopic (exact) mass is 453 g/mol. The molecule has 0 atom stereocenters. The smallest absolute Gasteiger partial charge is 0.147 e. The van der Waals surface area contributed by atoms with Crippen LogP contribution >= 0.6 is 0 Å². The Balaban J connectivity index is 2.19. The summed E-state index contributed by atoms with van der Waals surface area (Å²) in [7, 11) is 0. The third-order valence-corrected chi connectivity index (χ3v) is 5.59. The largest absolute Gasteiger partial charge is 0.351 e.